The number of hydrogen-bond donors (Lipinski definition) is 4. The molecule has 0 unspecified atom stereocenters. The Kier molecular flexibility index (Phi) is 4.19. The third-order valence-electron chi connectivity index (χ3n) is 6.62. The summed E-state index contributed by atoms with van der Waals surface area (Å²) in [5.74, 6) is -0.387. The normalized spacial score (nSPS) is 17.8. The highest BCUT2D eigenvalue weighted by Gasteiger charge is 2.52. The second-order valence-electron chi connectivity index (χ2n) is 8.67. The fourth-order valence-corrected chi connectivity index (χ4v) is 4.89. The van der Waals surface area contributed by atoms with Crippen LogP contribution in [0.3, 0.4) is 0 Å². The molecule has 0 radical (unpaired) electrons. The van der Waals surface area contributed by atoms with Crippen molar-refractivity contribution in [2.45, 2.75) is 43.1 Å². The summed E-state index contributed by atoms with van der Waals surface area (Å²) in [7, 11) is 0. The van der Waals surface area contributed by atoms with Gasteiger partial charge in [0.25, 0.3) is 0 Å². The maximum Gasteiger partial charge on any atom is 0.248 e. The van der Waals surface area contributed by atoms with Crippen molar-refractivity contribution < 1.29 is 9.59 Å². The van der Waals surface area contributed by atoms with Gasteiger partial charge in [0.15, 0.2) is 5.82 Å². The zero-order chi connectivity index (χ0) is 21.8. The summed E-state index contributed by atoms with van der Waals surface area (Å²) in [4.78, 5) is 23.7. The van der Waals surface area contributed by atoms with E-state index < -0.39 is 17.2 Å². The maximum absolute atomic E-state index is 11.9. The highest BCUT2D eigenvalue weighted by atomic mass is 16.1. The monoisotopic (exact) mass is 417 g/mol. The first-order valence-electron chi connectivity index (χ1n) is 10.2. The van der Waals surface area contributed by atoms with Crippen molar-refractivity contribution in [3.63, 3.8) is 0 Å². The lowest BCUT2D eigenvalue weighted by atomic mass is 9.67. The Balaban J connectivity index is 1.83. The molecule has 7 N–H and O–H groups in total. The van der Waals surface area contributed by atoms with E-state index in [4.69, 9.17) is 17.2 Å². The van der Waals surface area contributed by atoms with Gasteiger partial charge in [0, 0.05) is 16.7 Å². The van der Waals surface area contributed by atoms with Crippen LogP contribution in [-0.2, 0) is 18.3 Å². The smallest absolute Gasteiger partial charge is 0.248 e. The summed E-state index contributed by atoms with van der Waals surface area (Å²) in [6.45, 7) is 0. The molecular weight excluding hydrogens is 394 g/mol. The fraction of sp³-hybridized carbons (Fsp3) is 0.318. The molecule has 0 aliphatic heterocycles. The molecule has 1 heterocycles. The molecule has 9 nitrogen and oxygen atoms in total. The molecular formula is C22H23N7O2. The first kappa shape index (κ1) is 19.4. The van der Waals surface area contributed by atoms with Crippen molar-refractivity contribution in [2.24, 2.45) is 17.2 Å². The highest BCUT2D eigenvalue weighted by Crippen LogP contribution is 2.52. The number of nitrogens with two attached hydrogens (primary N) is 3. The molecule has 0 spiro atoms. The van der Waals surface area contributed by atoms with Gasteiger partial charge in [-0.05, 0) is 89.1 Å². The summed E-state index contributed by atoms with van der Waals surface area (Å²) in [5.41, 5.74) is 21.5. The molecule has 2 aliphatic rings. The number of rotatable bonds is 5. The van der Waals surface area contributed by atoms with Crippen molar-refractivity contribution in [1.82, 2.24) is 20.6 Å². The van der Waals surface area contributed by atoms with Crippen LogP contribution in [0.25, 0.3) is 0 Å². The molecule has 5 rings (SSSR count). The van der Waals surface area contributed by atoms with Gasteiger partial charge in [0.1, 0.15) is 0 Å². The fourth-order valence-electron chi connectivity index (χ4n) is 4.89. The number of H-pyrrole nitrogens is 1. The van der Waals surface area contributed by atoms with Crippen LogP contribution in [0.15, 0.2) is 36.4 Å². The van der Waals surface area contributed by atoms with Gasteiger partial charge in [-0.2, -0.15) is 0 Å². The molecule has 0 bridgehead atoms. The van der Waals surface area contributed by atoms with Crippen molar-refractivity contribution in [3.8, 4) is 0 Å². The van der Waals surface area contributed by atoms with Crippen LogP contribution in [0, 0.1) is 0 Å². The summed E-state index contributed by atoms with van der Waals surface area (Å²) < 4.78 is 0. The van der Waals surface area contributed by atoms with Crippen molar-refractivity contribution in [2.75, 3.05) is 0 Å². The Labute approximate surface area is 178 Å². The van der Waals surface area contributed by atoms with Gasteiger partial charge in [0.05, 0.1) is 5.41 Å². The highest BCUT2D eigenvalue weighted by molar-refractivity contribution is 5.94. The van der Waals surface area contributed by atoms with E-state index in [0.717, 1.165) is 35.1 Å². The standard InChI is InChI=1S/C22H23N7O2/c23-18(30)14-3-5-16-12(9-14)1-2-13-10-15(19(24)31)4-6-17(13)22(16,11-21(25)7-8-21)20-26-28-29-27-20/h3-6,9-10H,1-2,7-8,11,25H2,(H2,23,30)(H2,24,31)(H,26,27,28,29). The lowest BCUT2D eigenvalue weighted by molar-refractivity contribution is 0.0991. The van der Waals surface area contributed by atoms with Crippen LogP contribution >= 0.6 is 0 Å². The Morgan fingerprint density at radius 3 is 1.90 bits per heavy atom. The molecule has 1 aromatic heterocycles. The number of fused-ring (bicyclic) bond motifs is 2. The van der Waals surface area contributed by atoms with Gasteiger partial charge >= 0.3 is 0 Å². The number of nitrogens with one attached hydrogen (secondary N) is 1. The van der Waals surface area contributed by atoms with Crippen molar-refractivity contribution in [3.05, 3.63) is 75.6 Å². The van der Waals surface area contributed by atoms with E-state index in [1.807, 2.05) is 24.3 Å². The number of primary amides is 2. The topological polar surface area (TPSA) is 167 Å². The van der Waals surface area contributed by atoms with Crippen LogP contribution in [0.5, 0.6) is 0 Å². The minimum absolute atomic E-state index is 0.351. The van der Waals surface area contributed by atoms with E-state index in [1.165, 1.54) is 0 Å². The van der Waals surface area contributed by atoms with E-state index in [-0.39, 0.29) is 5.54 Å². The van der Waals surface area contributed by atoms with Crippen LogP contribution in [-0.4, -0.2) is 38.0 Å². The van der Waals surface area contributed by atoms with Gasteiger partial charge < -0.3 is 17.2 Å². The largest absolute Gasteiger partial charge is 0.366 e. The second-order valence-corrected chi connectivity index (χ2v) is 8.67. The van der Waals surface area contributed by atoms with Crippen molar-refractivity contribution >= 4 is 11.8 Å². The average molecular weight is 417 g/mol. The molecule has 1 saturated carbocycles. The number of aromatic amines is 1. The summed E-state index contributed by atoms with van der Waals surface area (Å²) in [5, 5.41) is 15.0. The van der Waals surface area contributed by atoms with Crippen LogP contribution < -0.4 is 17.2 Å². The minimum atomic E-state index is -0.762. The third-order valence-corrected chi connectivity index (χ3v) is 6.62. The number of nitrogens with zero attached hydrogens (tertiary/aromatic N) is 3. The molecule has 2 aliphatic carbocycles. The zero-order valence-electron chi connectivity index (χ0n) is 16.9. The van der Waals surface area contributed by atoms with Crippen LogP contribution in [0.1, 0.15) is 68.1 Å². The molecule has 0 saturated heterocycles. The summed E-state index contributed by atoms with van der Waals surface area (Å²) in [6.07, 6.45) is 3.71. The molecule has 2 aromatic carbocycles. The second kappa shape index (κ2) is 6.71. The summed E-state index contributed by atoms with van der Waals surface area (Å²) in [6, 6.07) is 11.0. The number of tetrazole rings is 1. The molecule has 1 fully saturated rings. The molecule has 31 heavy (non-hydrogen) atoms. The van der Waals surface area contributed by atoms with Gasteiger partial charge in [-0.25, -0.2) is 5.10 Å². The Hall–Kier alpha value is -3.59. The maximum atomic E-state index is 11.9. The SMILES string of the molecule is NC(=O)c1ccc2c(c1)CCc1cc(C(N)=O)ccc1C2(CC1(N)CC1)c1nnn[nH]1. The molecule has 3 aromatic rings. The number of hydrogen-bond acceptors (Lipinski definition) is 6. The van der Waals surface area contributed by atoms with E-state index in [0.29, 0.717) is 36.2 Å². The van der Waals surface area contributed by atoms with Gasteiger partial charge in [-0.15, -0.1) is 5.10 Å². The minimum Gasteiger partial charge on any atom is -0.366 e. The average Bonchev–Trinajstić information content (AvgIpc) is 3.25. The zero-order valence-corrected chi connectivity index (χ0v) is 16.9. The van der Waals surface area contributed by atoms with E-state index in [2.05, 4.69) is 20.6 Å². The number of amides is 2. The van der Waals surface area contributed by atoms with Gasteiger partial charge in [-0.3, -0.25) is 9.59 Å². The molecule has 158 valence electrons. The van der Waals surface area contributed by atoms with E-state index in [9.17, 15) is 9.59 Å². The Morgan fingerprint density at radius 1 is 0.935 bits per heavy atom. The van der Waals surface area contributed by atoms with Gasteiger partial charge in [-0.1, -0.05) is 12.1 Å². The molecule has 9 heteroatoms. The Morgan fingerprint density at radius 2 is 1.48 bits per heavy atom. The first-order chi connectivity index (χ1) is 14.8. The van der Waals surface area contributed by atoms with Crippen molar-refractivity contribution in [1.29, 1.82) is 0 Å². The molecule has 0 atom stereocenters. The van der Waals surface area contributed by atoms with Gasteiger partial charge in [0.2, 0.25) is 11.8 Å². The van der Waals surface area contributed by atoms with Crippen LogP contribution in [0.2, 0.25) is 0 Å². The number of aryl methyl sites for hydroxylation is 2. The number of aromatic nitrogens is 4. The number of carbonyl (C=O) groups excluding carboxylic acids is 2. The first-order valence-corrected chi connectivity index (χ1v) is 10.2. The lowest BCUT2D eigenvalue weighted by Gasteiger charge is -2.36. The van der Waals surface area contributed by atoms with E-state index >= 15 is 0 Å². The predicted octanol–water partition coefficient (Wildman–Crippen LogP) is 0.712. The molecule has 2 amide bonds. The predicted molar refractivity (Wildman–Crippen MR) is 112 cm³/mol. The third kappa shape index (κ3) is 3.09. The quantitative estimate of drug-likeness (QED) is 0.477. The lowest BCUT2D eigenvalue weighted by Crippen LogP contribution is -2.40. The van der Waals surface area contributed by atoms with Crippen LogP contribution in [0.4, 0.5) is 0 Å². The Bertz CT molecular complexity index is 1130. The number of benzene rings is 2. The number of carbonyl (C=O) groups is 2. The summed E-state index contributed by atoms with van der Waals surface area (Å²) >= 11 is 0. The van der Waals surface area contributed by atoms with E-state index in [1.54, 1.807) is 12.1 Å².